The number of nitrogens with one attached hydrogen (secondary N) is 1. The molecule has 0 bridgehead atoms. The maximum atomic E-state index is 5.99. The predicted octanol–water partition coefficient (Wildman–Crippen LogP) is 4.10. The van der Waals surface area contributed by atoms with Gasteiger partial charge in [0.1, 0.15) is 6.04 Å². The number of tetrazole rings is 1. The van der Waals surface area contributed by atoms with E-state index >= 15 is 0 Å². The Balaban J connectivity index is 1.77. The average Bonchev–Trinajstić information content (AvgIpc) is 3.10. The van der Waals surface area contributed by atoms with Gasteiger partial charge in [-0.1, -0.05) is 41.0 Å². The highest BCUT2D eigenvalue weighted by Gasteiger charge is 2.24. The van der Waals surface area contributed by atoms with Crippen molar-refractivity contribution in [1.82, 2.24) is 20.2 Å². The third-order valence-electron chi connectivity index (χ3n) is 3.94. The molecule has 0 amide bonds. The summed E-state index contributed by atoms with van der Waals surface area (Å²) < 4.78 is 1.79. The molecule has 2 aromatic carbocycles. The molecule has 3 aromatic rings. The molecule has 0 aliphatic carbocycles. The number of hydrogen-bond acceptors (Lipinski definition) is 5. The molecule has 1 atom stereocenters. The van der Waals surface area contributed by atoms with E-state index in [1.54, 1.807) is 16.4 Å². The van der Waals surface area contributed by atoms with Crippen molar-refractivity contribution in [3.63, 3.8) is 0 Å². The van der Waals surface area contributed by atoms with E-state index in [1.807, 2.05) is 24.3 Å². The smallest absolute Gasteiger partial charge is 0.248 e. The molecule has 5 nitrogen and oxygen atoms in total. The fourth-order valence-corrected chi connectivity index (χ4v) is 3.22. The number of aromatic nitrogens is 4. The predicted molar refractivity (Wildman–Crippen MR) is 97.2 cm³/mol. The molecule has 0 spiro atoms. The van der Waals surface area contributed by atoms with Crippen molar-refractivity contribution in [1.29, 1.82) is 0 Å². The van der Waals surface area contributed by atoms with Crippen LogP contribution in [0.15, 0.2) is 59.5 Å². The molecular formula is C17H14ClN5S. The molecule has 0 saturated heterocycles. The monoisotopic (exact) mass is 355 g/mol. The number of benzene rings is 2. The van der Waals surface area contributed by atoms with Crippen molar-refractivity contribution >= 4 is 35.0 Å². The lowest BCUT2D eigenvalue weighted by Crippen LogP contribution is -2.20. The highest BCUT2D eigenvalue weighted by Crippen LogP contribution is 2.32. The summed E-state index contributed by atoms with van der Waals surface area (Å²) >= 11 is 7.71. The van der Waals surface area contributed by atoms with Gasteiger partial charge in [0.25, 0.3) is 0 Å². The minimum atomic E-state index is -0.0576. The van der Waals surface area contributed by atoms with Crippen molar-refractivity contribution < 1.29 is 0 Å². The molecule has 0 saturated carbocycles. The molecule has 2 heterocycles. The van der Waals surface area contributed by atoms with E-state index < -0.39 is 0 Å². The van der Waals surface area contributed by atoms with Crippen molar-refractivity contribution in [2.24, 2.45) is 0 Å². The molecule has 7 heteroatoms. The fourth-order valence-electron chi connectivity index (χ4n) is 2.69. The molecule has 1 N–H and O–H groups in total. The van der Waals surface area contributed by atoms with Crippen molar-refractivity contribution in [2.75, 3.05) is 11.6 Å². The van der Waals surface area contributed by atoms with Gasteiger partial charge in [0.15, 0.2) is 0 Å². The van der Waals surface area contributed by atoms with E-state index in [2.05, 4.69) is 57.4 Å². The normalized spacial score (nSPS) is 16.2. The molecule has 120 valence electrons. The molecular weight excluding hydrogens is 342 g/mol. The summed E-state index contributed by atoms with van der Waals surface area (Å²) in [7, 11) is 0. The largest absolute Gasteiger partial charge is 0.323 e. The van der Waals surface area contributed by atoms with Gasteiger partial charge < -0.3 is 5.32 Å². The Labute approximate surface area is 148 Å². The number of nitrogens with zero attached hydrogens (tertiary/aromatic N) is 4. The summed E-state index contributed by atoms with van der Waals surface area (Å²) in [5.74, 6) is 0.626. The Hall–Kier alpha value is -2.31. The Morgan fingerprint density at radius 3 is 2.54 bits per heavy atom. The molecule has 0 unspecified atom stereocenters. The van der Waals surface area contributed by atoms with E-state index in [0.29, 0.717) is 11.0 Å². The zero-order valence-electron chi connectivity index (χ0n) is 12.8. The third kappa shape index (κ3) is 2.79. The highest BCUT2D eigenvalue weighted by atomic mass is 35.5. The molecule has 4 rings (SSSR count). The van der Waals surface area contributed by atoms with E-state index in [1.165, 1.54) is 4.90 Å². The summed E-state index contributed by atoms with van der Waals surface area (Å²) in [5.41, 5.74) is 3.14. The van der Waals surface area contributed by atoms with Crippen LogP contribution in [0.3, 0.4) is 0 Å². The van der Waals surface area contributed by atoms with Crippen LogP contribution in [0, 0.1) is 0 Å². The lowest BCUT2D eigenvalue weighted by molar-refractivity contribution is 0.585. The molecule has 1 aliphatic rings. The van der Waals surface area contributed by atoms with Gasteiger partial charge in [-0.25, -0.2) is 0 Å². The van der Waals surface area contributed by atoms with Crippen LogP contribution in [0.25, 0.3) is 5.70 Å². The summed E-state index contributed by atoms with van der Waals surface area (Å²) in [6, 6.07) is 16.1. The molecule has 0 radical (unpaired) electrons. The second-order valence-electron chi connectivity index (χ2n) is 5.38. The first-order valence-corrected chi connectivity index (χ1v) is 9.01. The number of hydrogen-bond donors (Lipinski definition) is 1. The summed E-state index contributed by atoms with van der Waals surface area (Å²) in [5, 5.41) is 16.0. The van der Waals surface area contributed by atoms with Crippen LogP contribution < -0.4 is 5.32 Å². The van der Waals surface area contributed by atoms with Crippen LogP contribution >= 0.6 is 23.4 Å². The van der Waals surface area contributed by atoms with Gasteiger partial charge in [-0.15, -0.1) is 11.8 Å². The summed E-state index contributed by atoms with van der Waals surface area (Å²) in [6.45, 7) is 0. The average molecular weight is 356 g/mol. The Morgan fingerprint density at radius 1 is 1.08 bits per heavy atom. The first-order chi connectivity index (χ1) is 11.7. The lowest BCUT2D eigenvalue weighted by Gasteiger charge is -2.23. The van der Waals surface area contributed by atoms with Crippen LogP contribution in [0.4, 0.5) is 5.95 Å². The van der Waals surface area contributed by atoms with Gasteiger partial charge >= 0.3 is 0 Å². The van der Waals surface area contributed by atoms with Gasteiger partial charge in [0.05, 0.1) is 0 Å². The zero-order chi connectivity index (χ0) is 16.5. The van der Waals surface area contributed by atoms with Gasteiger partial charge in [-0.3, -0.25) is 0 Å². The van der Waals surface area contributed by atoms with E-state index in [4.69, 9.17) is 11.6 Å². The van der Waals surface area contributed by atoms with Crippen LogP contribution in [-0.2, 0) is 0 Å². The maximum Gasteiger partial charge on any atom is 0.248 e. The van der Waals surface area contributed by atoms with Crippen molar-refractivity contribution in [3.8, 4) is 0 Å². The van der Waals surface area contributed by atoms with Gasteiger partial charge in [0.2, 0.25) is 5.95 Å². The van der Waals surface area contributed by atoms with Crippen LogP contribution in [0.5, 0.6) is 0 Å². The molecule has 24 heavy (non-hydrogen) atoms. The first-order valence-electron chi connectivity index (χ1n) is 7.41. The first kappa shape index (κ1) is 15.2. The number of thioether (sulfide) groups is 1. The summed E-state index contributed by atoms with van der Waals surface area (Å²) in [4.78, 5) is 1.23. The Kier molecular flexibility index (Phi) is 4.00. The van der Waals surface area contributed by atoms with E-state index in [9.17, 15) is 0 Å². The molecule has 0 fully saturated rings. The minimum absolute atomic E-state index is 0.0576. The van der Waals surface area contributed by atoms with Crippen molar-refractivity contribution in [3.05, 3.63) is 70.8 Å². The maximum absolute atomic E-state index is 5.99. The van der Waals surface area contributed by atoms with Crippen LogP contribution in [0.1, 0.15) is 17.2 Å². The molecule has 1 aromatic heterocycles. The number of allylic oxidation sites excluding steroid dienone is 1. The van der Waals surface area contributed by atoms with E-state index in [0.717, 1.165) is 16.8 Å². The van der Waals surface area contributed by atoms with Crippen LogP contribution in [-0.4, -0.2) is 26.5 Å². The second kappa shape index (κ2) is 6.30. The second-order valence-corrected chi connectivity index (χ2v) is 6.69. The topological polar surface area (TPSA) is 55.6 Å². The lowest BCUT2D eigenvalue weighted by atomic mass is 10.0. The Morgan fingerprint density at radius 2 is 1.83 bits per heavy atom. The quantitative estimate of drug-likeness (QED) is 0.717. The molecule has 1 aliphatic heterocycles. The summed E-state index contributed by atoms with van der Waals surface area (Å²) in [6.07, 6.45) is 4.19. The zero-order valence-corrected chi connectivity index (χ0v) is 14.4. The highest BCUT2D eigenvalue weighted by molar-refractivity contribution is 7.98. The minimum Gasteiger partial charge on any atom is -0.323 e. The standard InChI is InChI=1S/C17H14ClN5S/c1-24-14-8-4-12(5-9-14)16-10-15(11-2-6-13(18)7-3-11)19-17-20-21-22-23(16)17/h2-10,16H,1H3,(H,19,20,22)/t16-/m0/s1. The number of rotatable bonds is 3. The third-order valence-corrected chi connectivity index (χ3v) is 4.94. The SMILES string of the molecule is CSc1ccc([C@@H]2C=C(c3ccc(Cl)cc3)Nc3nnnn32)cc1. The number of halogens is 1. The van der Waals surface area contributed by atoms with Gasteiger partial charge in [0, 0.05) is 15.6 Å². The fraction of sp³-hybridized carbons (Fsp3) is 0.118. The van der Waals surface area contributed by atoms with Gasteiger partial charge in [-0.2, -0.15) is 4.68 Å². The number of fused-ring (bicyclic) bond motifs is 1. The van der Waals surface area contributed by atoms with E-state index in [-0.39, 0.29) is 6.04 Å². The van der Waals surface area contributed by atoms with Crippen LogP contribution in [0.2, 0.25) is 5.02 Å². The Bertz CT molecular complexity index is 886. The van der Waals surface area contributed by atoms with Gasteiger partial charge in [-0.05, 0) is 58.2 Å². The van der Waals surface area contributed by atoms with Crippen molar-refractivity contribution in [2.45, 2.75) is 10.9 Å². The number of anilines is 1.